The van der Waals surface area contributed by atoms with Crippen LogP contribution in [0, 0.1) is 0 Å². The fourth-order valence-electron chi connectivity index (χ4n) is 1.60. The average molecular weight is 299 g/mol. The van der Waals surface area contributed by atoms with E-state index in [1.165, 1.54) is 18.2 Å². The smallest absolute Gasteiger partial charge is 0.335 e. The Morgan fingerprint density at radius 1 is 1.30 bits per heavy atom. The molecule has 1 aromatic rings. The van der Waals surface area contributed by atoms with Crippen molar-refractivity contribution >= 4 is 29.3 Å². The number of hydrogen-bond donors (Lipinski definition) is 3. The molecule has 110 valence electrons. The Hall–Kier alpha value is -1.75. The number of urea groups is 1. The largest absolute Gasteiger partial charge is 0.478 e. The lowest BCUT2D eigenvalue weighted by atomic mass is 9.96. The molecule has 0 fully saturated rings. The zero-order valence-corrected chi connectivity index (χ0v) is 12.5. The van der Waals surface area contributed by atoms with Crippen LogP contribution in [0.4, 0.5) is 10.5 Å². The van der Waals surface area contributed by atoms with Crippen molar-refractivity contribution in [3.8, 4) is 0 Å². The van der Waals surface area contributed by atoms with Gasteiger partial charge in [0.05, 0.1) is 16.3 Å². The lowest BCUT2D eigenvalue weighted by Gasteiger charge is -2.28. The molecule has 5 nitrogen and oxygen atoms in total. The van der Waals surface area contributed by atoms with Gasteiger partial charge in [-0.05, 0) is 38.0 Å². The standard InChI is InChI=1S/C14H19ClN2O3/c1-4-14(3,5-2)17-13(20)16-11-7-6-9(12(18)19)8-10(11)15/h6-8H,4-5H2,1-3H3,(H,18,19)(H2,16,17,20). The number of carboxylic acid groups (broad SMARTS) is 1. The zero-order valence-electron chi connectivity index (χ0n) is 11.8. The van der Waals surface area contributed by atoms with Gasteiger partial charge in [-0.2, -0.15) is 0 Å². The number of carbonyl (C=O) groups is 2. The van der Waals surface area contributed by atoms with Crippen LogP contribution in [0.2, 0.25) is 5.02 Å². The van der Waals surface area contributed by atoms with Crippen molar-refractivity contribution in [2.45, 2.75) is 39.2 Å². The molecule has 0 aromatic heterocycles. The summed E-state index contributed by atoms with van der Waals surface area (Å²) < 4.78 is 0. The van der Waals surface area contributed by atoms with Crippen molar-refractivity contribution in [3.05, 3.63) is 28.8 Å². The second kappa shape index (κ2) is 6.61. The predicted molar refractivity (Wildman–Crippen MR) is 79.6 cm³/mol. The van der Waals surface area contributed by atoms with E-state index >= 15 is 0 Å². The van der Waals surface area contributed by atoms with Crippen molar-refractivity contribution in [1.29, 1.82) is 0 Å². The van der Waals surface area contributed by atoms with E-state index in [2.05, 4.69) is 10.6 Å². The fraction of sp³-hybridized carbons (Fsp3) is 0.429. The second-order valence-corrected chi connectivity index (χ2v) is 5.25. The van der Waals surface area contributed by atoms with Crippen LogP contribution in [0.25, 0.3) is 0 Å². The van der Waals surface area contributed by atoms with Gasteiger partial charge in [-0.3, -0.25) is 0 Å². The van der Waals surface area contributed by atoms with Crippen LogP contribution in [0.5, 0.6) is 0 Å². The lowest BCUT2D eigenvalue weighted by Crippen LogP contribution is -2.46. The Morgan fingerprint density at radius 2 is 1.90 bits per heavy atom. The third kappa shape index (κ3) is 4.13. The molecule has 3 N–H and O–H groups in total. The molecule has 20 heavy (non-hydrogen) atoms. The van der Waals surface area contributed by atoms with Crippen LogP contribution in [-0.2, 0) is 0 Å². The first kappa shape index (κ1) is 16.3. The number of carboxylic acids is 1. The van der Waals surface area contributed by atoms with Crippen LogP contribution in [0.15, 0.2) is 18.2 Å². The molecule has 0 radical (unpaired) electrons. The molecule has 0 bridgehead atoms. The SMILES string of the molecule is CCC(C)(CC)NC(=O)Nc1ccc(C(=O)O)cc1Cl. The summed E-state index contributed by atoms with van der Waals surface area (Å²) in [5.41, 5.74) is 0.175. The Kier molecular flexibility index (Phi) is 5.39. The Bertz CT molecular complexity index is 513. The molecule has 0 aliphatic heterocycles. The Labute approximate surface area is 123 Å². The normalized spacial score (nSPS) is 11.0. The number of benzene rings is 1. The molecule has 0 unspecified atom stereocenters. The molecular weight excluding hydrogens is 280 g/mol. The van der Waals surface area contributed by atoms with Crippen LogP contribution < -0.4 is 10.6 Å². The highest BCUT2D eigenvalue weighted by atomic mass is 35.5. The molecule has 0 heterocycles. The first-order valence-corrected chi connectivity index (χ1v) is 6.81. The van der Waals surface area contributed by atoms with Gasteiger partial charge in [0.15, 0.2) is 0 Å². The van der Waals surface area contributed by atoms with Gasteiger partial charge in [0, 0.05) is 5.54 Å². The minimum Gasteiger partial charge on any atom is -0.478 e. The molecule has 0 aliphatic rings. The minimum atomic E-state index is -1.06. The van der Waals surface area contributed by atoms with E-state index in [4.69, 9.17) is 16.7 Å². The Morgan fingerprint density at radius 3 is 2.35 bits per heavy atom. The average Bonchev–Trinajstić information content (AvgIpc) is 2.40. The van der Waals surface area contributed by atoms with Crippen molar-refractivity contribution in [2.75, 3.05) is 5.32 Å². The summed E-state index contributed by atoms with van der Waals surface area (Å²) in [7, 11) is 0. The first-order chi connectivity index (χ1) is 9.31. The van der Waals surface area contributed by atoms with Crippen LogP contribution >= 0.6 is 11.6 Å². The topological polar surface area (TPSA) is 78.4 Å². The van der Waals surface area contributed by atoms with E-state index in [9.17, 15) is 9.59 Å². The maximum Gasteiger partial charge on any atom is 0.335 e. The van der Waals surface area contributed by atoms with Gasteiger partial charge in [-0.25, -0.2) is 9.59 Å². The highest BCUT2D eigenvalue weighted by Crippen LogP contribution is 2.23. The van der Waals surface area contributed by atoms with E-state index in [1.807, 2.05) is 20.8 Å². The number of halogens is 1. The van der Waals surface area contributed by atoms with Gasteiger partial charge in [-0.15, -0.1) is 0 Å². The second-order valence-electron chi connectivity index (χ2n) is 4.85. The molecular formula is C14H19ClN2O3. The van der Waals surface area contributed by atoms with E-state index in [1.54, 1.807) is 0 Å². The summed E-state index contributed by atoms with van der Waals surface area (Å²) >= 11 is 5.95. The summed E-state index contributed by atoms with van der Waals surface area (Å²) in [4.78, 5) is 22.7. The maximum absolute atomic E-state index is 11.9. The highest BCUT2D eigenvalue weighted by Gasteiger charge is 2.22. The highest BCUT2D eigenvalue weighted by molar-refractivity contribution is 6.34. The van der Waals surface area contributed by atoms with Crippen LogP contribution in [-0.4, -0.2) is 22.6 Å². The van der Waals surface area contributed by atoms with E-state index in [0.29, 0.717) is 5.69 Å². The molecule has 0 spiro atoms. The summed E-state index contributed by atoms with van der Waals surface area (Å²) in [5, 5.41) is 14.5. The summed E-state index contributed by atoms with van der Waals surface area (Å²) in [6.07, 6.45) is 1.62. The summed E-state index contributed by atoms with van der Waals surface area (Å²) in [6.45, 7) is 5.96. The number of aromatic carboxylic acids is 1. The van der Waals surface area contributed by atoms with Crippen LogP contribution in [0.1, 0.15) is 44.0 Å². The van der Waals surface area contributed by atoms with Crippen LogP contribution in [0.3, 0.4) is 0 Å². The monoisotopic (exact) mass is 298 g/mol. The molecule has 0 saturated carbocycles. The molecule has 6 heteroatoms. The molecule has 0 atom stereocenters. The van der Waals surface area contributed by atoms with Gasteiger partial charge < -0.3 is 15.7 Å². The van der Waals surface area contributed by atoms with Crippen molar-refractivity contribution in [3.63, 3.8) is 0 Å². The Balaban J connectivity index is 2.79. The first-order valence-electron chi connectivity index (χ1n) is 6.43. The molecule has 0 saturated heterocycles. The van der Waals surface area contributed by atoms with Gasteiger partial charge in [-0.1, -0.05) is 25.4 Å². The van der Waals surface area contributed by atoms with Crippen molar-refractivity contribution in [2.24, 2.45) is 0 Å². The van der Waals surface area contributed by atoms with E-state index in [0.717, 1.165) is 12.8 Å². The molecule has 1 aromatic carbocycles. The van der Waals surface area contributed by atoms with Gasteiger partial charge in [0.25, 0.3) is 0 Å². The van der Waals surface area contributed by atoms with Gasteiger partial charge >= 0.3 is 12.0 Å². The third-order valence-corrected chi connectivity index (χ3v) is 3.75. The minimum absolute atomic E-state index is 0.0768. The van der Waals surface area contributed by atoms with Gasteiger partial charge in [0.2, 0.25) is 0 Å². The van der Waals surface area contributed by atoms with E-state index in [-0.39, 0.29) is 22.2 Å². The number of nitrogens with one attached hydrogen (secondary N) is 2. The quantitative estimate of drug-likeness (QED) is 0.775. The molecule has 0 aliphatic carbocycles. The van der Waals surface area contributed by atoms with Crippen molar-refractivity contribution in [1.82, 2.24) is 5.32 Å². The molecule has 2 amide bonds. The van der Waals surface area contributed by atoms with Gasteiger partial charge in [0.1, 0.15) is 0 Å². The summed E-state index contributed by atoms with van der Waals surface area (Å²) in [6, 6.07) is 3.81. The summed E-state index contributed by atoms with van der Waals surface area (Å²) in [5.74, 6) is -1.06. The maximum atomic E-state index is 11.9. The number of anilines is 1. The van der Waals surface area contributed by atoms with Crippen molar-refractivity contribution < 1.29 is 14.7 Å². The third-order valence-electron chi connectivity index (χ3n) is 3.44. The van der Waals surface area contributed by atoms with E-state index < -0.39 is 5.97 Å². The lowest BCUT2D eigenvalue weighted by molar-refractivity contribution is 0.0697. The number of carbonyl (C=O) groups excluding carboxylic acids is 1. The number of rotatable bonds is 5. The number of hydrogen-bond acceptors (Lipinski definition) is 2. The zero-order chi connectivity index (χ0) is 15.3. The number of amides is 2. The fourth-order valence-corrected chi connectivity index (χ4v) is 1.83. The predicted octanol–water partition coefficient (Wildman–Crippen LogP) is 3.74. The molecule has 1 rings (SSSR count).